The summed E-state index contributed by atoms with van der Waals surface area (Å²) >= 11 is 0. The normalized spacial score (nSPS) is 11.9. The van der Waals surface area contributed by atoms with Gasteiger partial charge in [-0.2, -0.15) is 0 Å². The van der Waals surface area contributed by atoms with Crippen molar-refractivity contribution >= 4 is 43.7 Å². The van der Waals surface area contributed by atoms with E-state index in [4.69, 9.17) is 4.42 Å². The zero-order valence-corrected chi connectivity index (χ0v) is 17.0. The average molecular weight is 389 g/mol. The molecule has 0 aliphatic rings. The Morgan fingerprint density at radius 1 is 0.700 bits per heavy atom. The predicted octanol–water partition coefficient (Wildman–Crippen LogP) is 8.23. The molecule has 0 amide bonds. The molecule has 0 aliphatic carbocycles. The van der Waals surface area contributed by atoms with Crippen molar-refractivity contribution in [2.24, 2.45) is 0 Å². The molecule has 2 nitrogen and oxygen atoms in total. The van der Waals surface area contributed by atoms with E-state index in [0.29, 0.717) is 0 Å². The van der Waals surface area contributed by atoms with Gasteiger partial charge in [-0.3, -0.25) is 0 Å². The number of unbranched alkanes of at least 4 members (excludes halogenated alkanes) is 1. The quantitative estimate of drug-likeness (QED) is 0.323. The van der Waals surface area contributed by atoms with E-state index in [0.717, 1.165) is 23.2 Å². The van der Waals surface area contributed by atoms with Gasteiger partial charge in [-0.15, -0.1) is 0 Å². The number of rotatable bonds is 4. The van der Waals surface area contributed by atoms with Gasteiger partial charge >= 0.3 is 0 Å². The van der Waals surface area contributed by atoms with Gasteiger partial charge < -0.3 is 9.40 Å². The summed E-state index contributed by atoms with van der Waals surface area (Å²) in [5.74, 6) is 0. The molecule has 6 aromatic rings. The molecule has 0 unspecified atom stereocenters. The number of aromatic nitrogens is 1. The standard InChI is InChI=1S/C28H23NO/c1-2-3-8-18-9-6-12-22-23-13-7-11-20(28(23)30-27(18)22)19-15-16-26-24(17-19)21-10-4-5-14-25(21)29-26/h4-7,9-17,29H,2-3,8H2,1H3. The molecule has 0 fully saturated rings. The van der Waals surface area contributed by atoms with Crippen molar-refractivity contribution in [3.63, 3.8) is 0 Å². The van der Waals surface area contributed by atoms with Crippen LogP contribution >= 0.6 is 0 Å². The number of benzene rings is 4. The third kappa shape index (κ3) is 2.57. The lowest BCUT2D eigenvalue weighted by molar-refractivity contribution is 0.659. The van der Waals surface area contributed by atoms with Crippen LogP contribution in [0.4, 0.5) is 0 Å². The molecule has 2 heteroatoms. The molecule has 0 spiro atoms. The first kappa shape index (κ1) is 17.3. The molecule has 30 heavy (non-hydrogen) atoms. The molecule has 1 N–H and O–H groups in total. The van der Waals surface area contributed by atoms with Crippen molar-refractivity contribution in [2.45, 2.75) is 26.2 Å². The molecule has 0 atom stereocenters. The van der Waals surface area contributed by atoms with Crippen molar-refractivity contribution in [1.29, 1.82) is 0 Å². The number of furan rings is 1. The molecule has 2 heterocycles. The van der Waals surface area contributed by atoms with Gasteiger partial charge in [0.2, 0.25) is 0 Å². The molecule has 0 bridgehead atoms. The molecule has 0 aliphatic heterocycles. The van der Waals surface area contributed by atoms with E-state index in [9.17, 15) is 0 Å². The average Bonchev–Trinajstić information content (AvgIpc) is 3.36. The van der Waals surface area contributed by atoms with Crippen LogP contribution in [-0.2, 0) is 6.42 Å². The number of para-hydroxylation sites is 3. The third-order valence-electron chi connectivity index (χ3n) is 6.22. The van der Waals surface area contributed by atoms with Crippen molar-refractivity contribution in [3.05, 3.63) is 84.4 Å². The highest BCUT2D eigenvalue weighted by Gasteiger charge is 2.15. The fourth-order valence-corrected chi connectivity index (χ4v) is 4.69. The lowest BCUT2D eigenvalue weighted by Gasteiger charge is -2.03. The Morgan fingerprint density at radius 2 is 1.47 bits per heavy atom. The number of fused-ring (bicyclic) bond motifs is 6. The van der Waals surface area contributed by atoms with E-state index in [1.54, 1.807) is 0 Å². The van der Waals surface area contributed by atoms with Gasteiger partial charge in [0.1, 0.15) is 11.2 Å². The van der Waals surface area contributed by atoms with Crippen LogP contribution < -0.4 is 0 Å². The summed E-state index contributed by atoms with van der Waals surface area (Å²) in [6.45, 7) is 2.23. The number of hydrogen-bond acceptors (Lipinski definition) is 1. The highest BCUT2D eigenvalue weighted by molar-refractivity contribution is 6.12. The van der Waals surface area contributed by atoms with Crippen LogP contribution in [0.3, 0.4) is 0 Å². The van der Waals surface area contributed by atoms with E-state index in [2.05, 4.69) is 90.8 Å². The Kier molecular flexibility index (Phi) is 3.92. The van der Waals surface area contributed by atoms with Gasteiger partial charge in [-0.1, -0.05) is 74.0 Å². The molecule has 2 aromatic heterocycles. The molecule has 0 saturated carbocycles. The first-order valence-corrected chi connectivity index (χ1v) is 10.8. The molecule has 146 valence electrons. The van der Waals surface area contributed by atoms with Crippen LogP contribution in [0.5, 0.6) is 0 Å². The van der Waals surface area contributed by atoms with Crippen LogP contribution in [0.2, 0.25) is 0 Å². The molecular weight excluding hydrogens is 366 g/mol. The van der Waals surface area contributed by atoms with Crippen LogP contribution in [-0.4, -0.2) is 4.98 Å². The van der Waals surface area contributed by atoms with E-state index in [1.165, 1.54) is 56.5 Å². The Hall–Kier alpha value is -3.52. The fraction of sp³-hybridized carbons (Fsp3) is 0.143. The largest absolute Gasteiger partial charge is 0.455 e. The number of H-pyrrole nitrogens is 1. The van der Waals surface area contributed by atoms with E-state index >= 15 is 0 Å². The summed E-state index contributed by atoms with van der Waals surface area (Å²) in [5.41, 5.74) is 8.01. The van der Waals surface area contributed by atoms with Crippen LogP contribution in [0.15, 0.2) is 83.3 Å². The maximum absolute atomic E-state index is 6.54. The summed E-state index contributed by atoms with van der Waals surface area (Å²) < 4.78 is 6.54. The van der Waals surface area contributed by atoms with Crippen molar-refractivity contribution in [2.75, 3.05) is 0 Å². The van der Waals surface area contributed by atoms with Crippen molar-refractivity contribution in [3.8, 4) is 11.1 Å². The Balaban J connectivity index is 1.60. The first-order valence-electron chi connectivity index (χ1n) is 10.8. The number of nitrogens with one attached hydrogen (secondary N) is 1. The zero-order chi connectivity index (χ0) is 20.1. The number of aryl methyl sites for hydroxylation is 1. The predicted molar refractivity (Wildman–Crippen MR) is 127 cm³/mol. The third-order valence-corrected chi connectivity index (χ3v) is 6.22. The van der Waals surface area contributed by atoms with Crippen LogP contribution in [0.1, 0.15) is 25.3 Å². The summed E-state index contributed by atoms with van der Waals surface area (Å²) in [6, 6.07) is 28.2. The minimum Gasteiger partial charge on any atom is -0.455 e. The van der Waals surface area contributed by atoms with Gasteiger partial charge in [0.05, 0.1) is 0 Å². The van der Waals surface area contributed by atoms with Gasteiger partial charge in [0.25, 0.3) is 0 Å². The summed E-state index contributed by atoms with van der Waals surface area (Å²) in [6.07, 6.45) is 3.43. The van der Waals surface area contributed by atoms with E-state index in [1.807, 2.05) is 0 Å². The maximum Gasteiger partial charge on any atom is 0.143 e. The van der Waals surface area contributed by atoms with Crippen molar-refractivity contribution in [1.82, 2.24) is 4.98 Å². The Labute approximate surface area is 175 Å². The number of aromatic amines is 1. The lowest BCUT2D eigenvalue weighted by atomic mass is 9.99. The monoisotopic (exact) mass is 389 g/mol. The SMILES string of the molecule is CCCCc1cccc2c1oc1c(-c3ccc4[nH]c5ccccc5c4c3)cccc12. The smallest absolute Gasteiger partial charge is 0.143 e. The van der Waals surface area contributed by atoms with E-state index in [-0.39, 0.29) is 0 Å². The number of hydrogen-bond donors (Lipinski definition) is 1. The summed E-state index contributed by atoms with van der Waals surface area (Å²) in [5, 5.41) is 4.92. The Morgan fingerprint density at radius 3 is 2.37 bits per heavy atom. The molecule has 6 rings (SSSR count). The lowest BCUT2D eigenvalue weighted by Crippen LogP contribution is -1.84. The minimum atomic E-state index is 0.982. The second-order valence-electron chi connectivity index (χ2n) is 8.11. The van der Waals surface area contributed by atoms with Crippen LogP contribution in [0, 0.1) is 0 Å². The first-order chi connectivity index (χ1) is 14.8. The van der Waals surface area contributed by atoms with E-state index < -0.39 is 0 Å². The zero-order valence-electron chi connectivity index (χ0n) is 17.0. The second kappa shape index (κ2) is 6.77. The summed E-state index contributed by atoms with van der Waals surface area (Å²) in [4.78, 5) is 3.52. The van der Waals surface area contributed by atoms with Crippen LogP contribution in [0.25, 0.3) is 54.9 Å². The summed E-state index contributed by atoms with van der Waals surface area (Å²) in [7, 11) is 0. The molecule has 4 aromatic carbocycles. The van der Waals surface area contributed by atoms with Gasteiger partial charge in [-0.25, -0.2) is 0 Å². The van der Waals surface area contributed by atoms with Crippen molar-refractivity contribution < 1.29 is 4.42 Å². The molecule has 0 radical (unpaired) electrons. The minimum absolute atomic E-state index is 0.982. The van der Waals surface area contributed by atoms with Gasteiger partial charge in [0.15, 0.2) is 0 Å². The molecular formula is C28H23NO. The highest BCUT2D eigenvalue weighted by Crippen LogP contribution is 2.38. The maximum atomic E-state index is 6.54. The second-order valence-corrected chi connectivity index (χ2v) is 8.11. The van der Waals surface area contributed by atoms with Gasteiger partial charge in [-0.05, 0) is 42.2 Å². The Bertz CT molecular complexity index is 1530. The topological polar surface area (TPSA) is 28.9 Å². The molecule has 0 saturated heterocycles. The fourth-order valence-electron chi connectivity index (χ4n) is 4.69. The highest BCUT2D eigenvalue weighted by atomic mass is 16.3. The van der Waals surface area contributed by atoms with Gasteiger partial charge in [0, 0.05) is 38.1 Å².